The lowest BCUT2D eigenvalue weighted by molar-refractivity contribution is -0.140. The van der Waals surface area contributed by atoms with Crippen molar-refractivity contribution in [2.45, 2.75) is 6.04 Å². The van der Waals surface area contributed by atoms with Crippen molar-refractivity contribution in [3.63, 3.8) is 0 Å². The molecule has 6 nitrogen and oxygen atoms in total. The number of Topliss-reactive ketones (excluding diaryl/α,β-unsaturated/α-hetero) is 1. The fourth-order valence-corrected chi connectivity index (χ4v) is 3.55. The molecule has 1 saturated heterocycles. The standard InChI is InChI=1S/C22H22ClFN2O4/c1-25(2)10-11-26-19(13-4-6-14(23)7-5-13)18(21(28)22(26)29)20(27)16-12-15(24)8-9-17(16)30-3/h4-9,12,19,27H,10-11H2,1-3H3/b20-18+. The van der Waals surface area contributed by atoms with Crippen molar-refractivity contribution in [3.8, 4) is 5.75 Å². The summed E-state index contributed by atoms with van der Waals surface area (Å²) in [6, 6.07) is 9.44. The molecule has 1 N–H and O–H groups in total. The first-order valence-electron chi connectivity index (χ1n) is 9.27. The maximum Gasteiger partial charge on any atom is 0.295 e. The summed E-state index contributed by atoms with van der Waals surface area (Å²) in [5.74, 6) is -2.48. The van der Waals surface area contributed by atoms with Gasteiger partial charge in [-0.15, -0.1) is 0 Å². The summed E-state index contributed by atoms with van der Waals surface area (Å²) < 4.78 is 19.1. The SMILES string of the molecule is COc1ccc(F)cc1/C(O)=C1\C(=O)C(=O)N(CCN(C)C)C1c1ccc(Cl)cc1. The normalized spacial score (nSPS) is 18.3. The van der Waals surface area contributed by atoms with Crippen molar-refractivity contribution in [3.05, 3.63) is 70.0 Å². The van der Waals surface area contributed by atoms with Crippen LogP contribution in [0.3, 0.4) is 0 Å². The van der Waals surface area contributed by atoms with Crippen LogP contribution in [0.1, 0.15) is 17.2 Å². The minimum atomic E-state index is -0.838. The molecule has 0 aromatic heterocycles. The molecule has 0 spiro atoms. The van der Waals surface area contributed by atoms with Gasteiger partial charge in [-0.2, -0.15) is 0 Å². The molecule has 2 aromatic carbocycles. The topological polar surface area (TPSA) is 70.1 Å². The number of likely N-dealkylation sites (tertiary alicyclic amines) is 1. The summed E-state index contributed by atoms with van der Waals surface area (Å²) in [6.45, 7) is 0.780. The molecule has 0 saturated carbocycles. The number of benzene rings is 2. The number of aliphatic hydroxyl groups excluding tert-OH is 1. The van der Waals surface area contributed by atoms with Crippen LogP contribution in [-0.4, -0.2) is 60.9 Å². The number of likely N-dealkylation sites (N-methyl/N-ethyl adjacent to an activating group) is 1. The minimum absolute atomic E-state index is 0.00192. The summed E-state index contributed by atoms with van der Waals surface area (Å²) in [7, 11) is 5.08. The second kappa shape index (κ2) is 8.85. The fraction of sp³-hybridized carbons (Fsp3) is 0.273. The Morgan fingerprint density at radius 3 is 2.47 bits per heavy atom. The summed E-state index contributed by atoms with van der Waals surface area (Å²) >= 11 is 5.99. The Labute approximate surface area is 179 Å². The van der Waals surface area contributed by atoms with Gasteiger partial charge in [-0.3, -0.25) is 9.59 Å². The predicted molar refractivity (Wildman–Crippen MR) is 112 cm³/mol. The van der Waals surface area contributed by atoms with E-state index in [2.05, 4.69) is 0 Å². The monoisotopic (exact) mass is 432 g/mol. The zero-order valence-corrected chi connectivity index (χ0v) is 17.6. The molecule has 0 aliphatic carbocycles. The second-order valence-corrected chi connectivity index (χ2v) is 7.63. The Bertz CT molecular complexity index is 1000. The van der Waals surface area contributed by atoms with Crippen molar-refractivity contribution in [1.82, 2.24) is 9.80 Å². The largest absolute Gasteiger partial charge is 0.507 e. The average Bonchev–Trinajstić information content (AvgIpc) is 2.97. The number of hydrogen-bond acceptors (Lipinski definition) is 5. The van der Waals surface area contributed by atoms with E-state index in [4.69, 9.17) is 16.3 Å². The third-order valence-electron chi connectivity index (χ3n) is 4.93. The highest BCUT2D eigenvalue weighted by Gasteiger charge is 2.46. The molecule has 1 aliphatic heterocycles. The van der Waals surface area contributed by atoms with Gasteiger partial charge in [-0.1, -0.05) is 23.7 Å². The smallest absolute Gasteiger partial charge is 0.295 e. The van der Waals surface area contributed by atoms with Gasteiger partial charge in [0.2, 0.25) is 0 Å². The van der Waals surface area contributed by atoms with Crippen LogP contribution in [0.5, 0.6) is 5.75 Å². The first kappa shape index (κ1) is 21.8. The second-order valence-electron chi connectivity index (χ2n) is 7.19. The highest BCUT2D eigenvalue weighted by Crippen LogP contribution is 2.41. The number of hydrogen-bond donors (Lipinski definition) is 1. The molecule has 30 heavy (non-hydrogen) atoms. The Hall–Kier alpha value is -2.90. The molecule has 3 rings (SSSR count). The molecular formula is C22H22ClFN2O4. The third kappa shape index (κ3) is 4.17. The third-order valence-corrected chi connectivity index (χ3v) is 5.18. The average molecular weight is 433 g/mol. The van der Waals surface area contributed by atoms with E-state index >= 15 is 0 Å². The first-order valence-corrected chi connectivity index (χ1v) is 9.65. The summed E-state index contributed by atoms with van der Waals surface area (Å²) in [5.41, 5.74) is 0.487. The van der Waals surface area contributed by atoms with E-state index < -0.39 is 29.3 Å². The van der Waals surface area contributed by atoms with Crippen LogP contribution in [0.25, 0.3) is 5.76 Å². The van der Waals surface area contributed by atoms with E-state index in [9.17, 15) is 19.1 Å². The Morgan fingerprint density at radius 2 is 1.87 bits per heavy atom. The highest BCUT2D eigenvalue weighted by molar-refractivity contribution is 6.46. The molecule has 1 amide bonds. The van der Waals surface area contributed by atoms with E-state index in [0.717, 1.165) is 6.07 Å². The summed E-state index contributed by atoms with van der Waals surface area (Å²) in [4.78, 5) is 29.0. The maximum atomic E-state index is 13.9. The molecule has 158 valence electrons. The molecule has 1 heterocycles. The quantitative estimate of drug-likeness (QED) is 0.430. The zero-order valence-electron chi connectivity index (χ0n) is 16.9. The lowest BCUT2D eigenvalue weighted by Gasteiger charge is -2.26. The molecule has 1 atom stereocenters. The number of nitrogens with zero attached hydrogens (tertiary/aromatic N) is 2. The van der Waals surface area contributed by atoms with Gasteiger partial charge in [0.15, 0.2) is 0 Å². The van der Waals surface area contributed by atoms with Gasteiger partial charge >= 0.3 is 0 Å². The van der Waals surface area contributed by atoms with Gasteiger partial charge in [0, 0.05) is 18.1 Å². The molecule has 0 bridgehead atoms. The van der Waals surface area contributed by atoms with Crippen molar-refractivity contribution in [2.24, 2.45) is 0 Å². The number of amides is 1. The van der Waals surface area contributed by atoms with Crippen molar-refractivity contribution in [2.75, 3.05) is 34.3 Å². The molecule has 1 aliphatic rings. The van der Waals surface area contributed by atoms with Crippen LogP contribution in [0.4, 0.5) is 4.39 Å². The van der Waals surface area contributed by atoms with Crippen LogP contribution >= 0.6 is 11.6 Å². The molecule has 8 heteroatoms. The number of ketones is 1. The molecule has 0 radical (unpaired) electrons. The zero-order chi connectivity index (χ0) is 22.0. The van der Waals surface area contributed by atoms with Crippen molar-refractivity contribution >= 4 is 29.1 Å². The van der Waals surface area contributed by atoms with Crippen LogP contribution in [-0.2, 0) is 9.59 Å². The van der Waals surface area contributed by atoms with Crippen LogP contribution in [0, 0.1) is 5.82 Å². The van der Waals surface area contributed by atoms with E-state index in [-0.39, 0.29) is 23.4 Å². The number of carbonyl (C=O) groups excluding carboxylic acids is 2. The van der Waals surface area contributed by atoms with Gasteiger partial charge in [0.1, 0.15) is 17.3 Å². The summed E-state index contributed by atoms with van der Waals surface area (Å²) in [6.07, 6.45) is 0. The van der Waals surface area contributed by atoms with E-state index in [1.807, 2.05) is 19.0 Å². The molecule has 1 unspecified atom stereocenters. The fourth-order valence-electron chi connectivity index (χ4n) is 3.42. The Morgan fingerprint density at radius 1 is 1.20 bits per heavy atom. The van der Waals surface area contributed by atoms with Gasteiger partial charge in [-0.05, 0) is 50.0 Å². The van der Waals surface area contributed by atoms with Crippen LogP contribution in [0.2, 0.25) is 5.02 Å². The lowest BCUT2D eigenvalue weighted by Crippen LogP contribution is -2.35. The van der Waals surface area contributed by atoms with Gasteiger partial charge in [-0.25, -0.2) is 4.39 Å². The van der Waals surface area contributed by atoms with Gasteiger partial charge < -0.3 is 19.6 Å². The van der Waals surface area contributed by atoms with Crippen molar-refractivity contribution in [1.29, 1.82) is 0 Å². The number of carbonyl (C=O) groups is 2. The van der Waals surface area contributed by atoms with E-state index in [0.29, 0.717) is 17.1 Å². The number of halogens is 2. The van der Waals surface area contributed by atoms with Gasteiger partial charge in [0.05, 0.1) is 24.3 Å². The lowest BCUT2D eigenvalue weighted by atomic mass is 9.95. The van der Waals surface area contributed by atoms with Crippen molar-refractivity contribution < 1.29 is 23.8 Å². The molecular weight excluding hydrogens is 411 g/mol. The predicted octanol–water partition coefficient (Wildman–Crippen LogP) is 3.47. The van der Waals surface area contributed by atoms with Gasteiger partial charge in [0.25, 0.3) is 11.7 Å². The first-order chi connectivity index (χ1) is 14.2. The molecule has 2 aromatic rings. The number of rotatable bonds is 6. The highest BCUT2D eigenvalue weighted by atomic mass is 35.5. The summed E-state index contributed by atoms with van der Waals surface area (Å²) in [5, 5.41) is 11.5. The minimum Gasteiger partial charge on any atom is -0.507 e. The maximum absolute atomic E-state index is 13.9. The Balaban J connectivity index is 2.20. The molecule has 1 fully saturated rings. The number of ether oxygens (including phenoxy) is 1. The number of methoxy groups -OCH3 is 1. The van der Waals surface area contributed by atoms with Crippen LogP contribution < -0.4 is 4.74 Å². The van der Waals surface area contributed by atoms with Crippen LogP contribution in [0.15, 0.2) is 48.0 Å². The van der Waals surface area contributed by atoms with E-state index in [1.165, 1.54) is 24.1 Å². The number of aliphatic hydroxyl groups is 1. The Kier molecular flexibility index (Phi) is 6.43. The van der Waals surface area contributed by atoms with E-state index in [1.54, 1.807) is 24.3 Å².